The highest BCUT2D eigenvalue weighted by Crippen LogP contribution is 2.14. The maximum atomic E-state index is 12.5. The number of hydrogen-bond acceptors (Lipinski definition) is 5. The lowest BCUT2D eigenvalue weighted by molar-refractivity contribution is -0.134. The molecule has 0 fully saturated rings. The van der Waals surface area contributed by atoms with Crippen molar-refractivity contribution in [3.63, 3.8) is 0 Å². The zero-order valence-electron chi connectivity index (χ0n) is 22.5. The van der Waals surface area contributed by atoms with Crippen LogP contribution in [0.1, 0.15) is 76.2 Å². The molecule has 0 spiro atoms. The molecule has 2 amide bonds. The van der Waals surface area contributed by atoms with Crippen molar-refractivity contribution in [2.24, 2.45) is 11.8 Å². The Morgan fingerprint density at radius 3 is 2.00 bits per heavy atom. The van der Waals surface area contributed by atoms with Gasteiger partial charge in [-0.3, -0.25) is 19.6 Å². The Morgan fingerprint density at radius 1 is 0.889 bits per heavy atom. The van der Waals surface area contributed by atoms with E-state index in [0.29, 0.717) is 31.6 Å². The molecule has 2 aromatic rings. The van der Waals surface area contributed by atoms with E-state index in [9.17, 15) is 14.4 Å². The van der Waals surface area contributed by atoms with Gasteiger partial charge in [-0.15, -0.1) is 0 Å². The zero-order chi connectivity index (χ0) is 27.2. The summed E-state index contributed by atoms with van der Waals surface area (Å²) in [4.78, 5) is 36.2. The van der Waals surface area contributed by atoms with Gasteiger partial charge >= 0.3 is 0 Å². The number of ketones is 1. The molecule has 2 rings (SSSR count). The van der Waals surface area contributed by atoms with Crippen LogP contribution in [0.4, 0.5) is 0 Å². The van der Waals surface area contributed by atoms with Gasteiger partial charge in [-0.05, 0) is 24.3 Å². The first kappa shape index (κ1) is 33.0. The number of hydrogen-bond donors (Lipinski definition) is 3. The molecular formula is C29H44N2O5. The molecule has 3 N–H and O–H groups in total. The number of nitrogens with one attached hydrogen (secondary N) is 2. The van der Waals surface area contributed by atoms with Gasteiger partial charge in [0.2, 0.25) is 11.8 Å². The summed E-state index contributed by atoms with van der Waals surface area (Å²) in [5.41, 5.74) is 3.17. The Labute approximate surface area is 216 Å². The van der Waals surface area contributed by atoms with E-state index in [4.69, 9.17) is 9.94 Å². The van der Waals surface area contributed by atoms with Crippen LogP contribution >= 0.6 is 0 Å². The molecule has 0 aliphatic carbocycles. The van der Waals surface area contributed by atoms with Crippen molar-refractivity contribution in [2.75, 3.05) is 13.2 Å². The van der Waals surface area contributed by atoms with E-state index >= 15 is 0 Å². The number of benzene rings is 2. The number of amides is 2. The summed E-state index contributed by atoms with van der Waals surface area (Å²) >= 11 is 0. The molecule has 0 aliphatic rings. The number of Topliss-reactive ketones (excluding diaryl/α,β-unsaturated/α-hetero) is 1. The van der Waals surface area contributed by atoms with Gasteiger partial charge < -0.3 is 10.1 Å². The molecular weight excluding hydrogens is 456 g/mol. The van der Waals surface area contributed by atoms with E-state index in [1.165, 1.54) is 0 Å². The lowest BCUT2D eigenvalue weighted by Gasteiger charge is -2.16. The molecule has 0 aromatic heterocycles. The van der Waals surface area contributed by atoms with Crippen LogP contribution in [0.5, 0.6) is 0 Å². The topological polar surface area (TPSA) is 105 Å². The van der Waals surface area contributed by atoms with Crippen LogP contribution < -0.4 is 10.8 Å². The molecule has 0 saturated carbocycles. The van der Waals surface area contributed by atoms with Gasteiger partial charge in [-0.1, -0.05) is 102 Å². The van der Waals surface area contributed by atoms with Crippen LogP contribution in [0.15, 0.2) is 60.7 Å². The quantitative estimate of drug-likeness (QED) is 0.144. The summed E-state index contributed by atoms with van der Waals surface area (Å²) in [5, 5.41) is 11.4. The molecule has 1 atom stereocenters. The monoisotopic (exact) mass is 500 g/mol. The molecule has 7 nitrogen and oxygen atoms in total. The lowest BCUT2D eigenvalue weighted by Crippen LogP contribution is -2.37. The molecule has 0 aliphatic heterocycles. The highest BCUT2D eigenvalue weighted by atomic mass is 16.5. The Bertz CT molecular complexity index is 839. The van der Waals surface area contributed by atoms with Crippen LogP contribution in [-0.4, -0.2) is 36.0 Å². The fraction of sp³-hybridized carbons (Fsp3) is 0.483. The van der Waals surface area contributed by atoms with E-state index in [0.717, 1.165) is 17.9 Å². The van der Waals surface area contributed by atoms with Crippen LogP contribution in [0, 0.1) is 11.8 Å². The van der Waals surface area contributed by atoms with Gasteiger partial charge in [0.1, 0.15) is 0 Å². The Balaban J connectivity index is 0.00000185. The molecule has 0 bridgehead atoms. The van der Waals surface area contributed by atoms with Crippen LogP contribution in [0.3, 0.4) is 0 Å². The summed E-state index contributed by atoms with van der Waals surface area (Å²) in [5.74, 6) is -1.02. The van der Waals surface area contributed by atoms with Crippen molar-refractivity contribution < 1.29 is 24.3 Å². The predicted molar refractivity (Wildman–Crippen MR) is 144 cm³/mol. The van der Waals surface area contributed by atoms with E-state index in [1.807, 2.05) is 50.2 Å². The van der Waals surface area contributed by atoms with Gasteiger partial charge in [0.25, 0.3) is 0 Å². The van der Waals surface area contributed by atoms with Crippen LogP contribution in [0.2, 0.25) is 0 Å². The first-order chi connectivity index (χ1) is 17.3. The maximum Gasteiger partial charge on any atom is 0.244 e. The molecule has 0 saturated heterocycles. The number of unbranched alkanes of at least 4 members (excludes halogenated alkanes) is 1. The SMILES string of the molecule is CC.CC(C)C.O=C(CC(CCCCOCc1ccccc1)C(=O)NCC(=O)c1ccccc1)NO. The first-order valence-corrected chi connectivity index (χ1v) is 12.7. The molecule has 1 unspecified atom stereocenters. The summed E-state index contributed by atoms with van der Waals surface area (Å²) in [6, 6.07) is 18.5. The number of rotatable bonds is 13. The fourth-order valence-corrected chi connectivity index (χ4v) is 2.99. The highest BCUT2D eigenvalue weighted by molar-refractivity contribution is 5.99. The highest BCUT2D eigenvalue weighted by Gasteiger charge is 2.22. The maximum absolute atomic E-state index is 12.5. The second kappa shape index (κ2) is 21.3. The summed E-state index contributed by atoms with van der Waals surface area (Å²) in [6.07, 6.45) is 1.72. The van der Waals surface area contributed by atoms with Crippen molar-refractivity contribution in [1.29, 1.82) is 0 Å². The average Bonchev–Trinajstić information content (AvgIpc) is 2.90. The second-order valence-electron chi connectivity index (χ2n) is 8.71. The normalized spacial score (nSPS) is 10.8. The van der Waals surface area contributed by atoms with Crippen molar-refractivity contribution >= 4 is 17.6 Å². The van der Waals surface area contributed by atoms with E-state index in [-0.39, 0.29) is 24.7 Å². The number of ether oxygens (including phenoxy) is 1. The van der Waals surface area contributed by atoms with Gasteiger partial charge in [0.15, 0.2) is 5.78 Å². The summed E-state index contributed by atoms with van der Waals surface area (Å²) < 4.78 is 5.63. The molecule has 36 heavy (non-hydrogen) atoms. The molecule has 0 radical (unpaired) electrons. The molecule has 2 aromatic carbocycles. The minimum Gasteiger partial charge on any atom is -0.377 e. The number of hydroxylamine groups is 1. The second-order valence-corrected chi connectivity index (χ2v) is 8.71. The smallest absolute Gasteiger partial charge is 0.244 e. The summed E-state index contributed by atoms with van der Waals surface area (Å²) in [7, 11) is 0. The standard InChI is InChI=1S/C23H28N2O5.C4H10.C2H6/c26-21(19-11-5-2-6-12-19)16-24-23(28)20(15-22(27)25-29)13-7-8-14-30-17-18-9-3-1-4-10-18;1-4(2)3;1-2/h1-6,9-12,20,29H,7-8,13-17H2,(H,24,28)(H,25,27);4H,1-3H3;1-2H3. The lowest BCUT2D eigenvalue weighted by atomic mass is 9.97. The molecule has 7 heteroatoms. The summed E-state index contributed by atoms with van der Waals surface area (Å²) in [6.45, 7) is 11.4. The van der Waals surface area contributed by atoms with Crippen molar-refractivity contribution in [1.82, 2.24) is 10.8 Å². The number of carbonyl (C=O) groups excluding carboxylic acids is 3. The minimum atomic E-state index is -0.634. The zero-order valence-corrected chi connectivity index (χ0v) is 22.5. The third kappa shape index (κ3) is 16.6. The van der Waals surface area contributed by atoms with Gasteiger partial charge in [-0.2, -0.15) is 0 Å². The van der Waals surface area contributed by atoms with E-state index in [1.54, 1.807) is 29.7 Å². The Hall–Kier alpha value is -3.03. The average molecular weight is 501 g/mol. The first-order valence-electron chi connectivity index (χ1n) is 12.7. The van der Waals surface area contributed by atoms with E-state index in [2.05, 4.69) is 26.1 Å². The Morgan fingerprint density at radius 2 is 1.44 bits per heavy atom. The van der Waals surface area contributed by atoms with Gasteiger partial charge in [0, 0.05) is 24.5 Å². The Kier molecular flexibility index (Phi) is 19.5. The predicted octanol–water partition coefficient (Wildman–Crippen LogP) is 5.57. The van der Waals surface area contributed by atoms with E-state index < -0.39 is 11.8 Å². The van der Waals surface area contributed by atoms with Crippen molar-refractivity contribution in [3.8, 4) is 0 Å². The largest absolute Gasteiger partial charge is 0.377 e. The fourth-order valence-electron chi connectivity index (χ4n) is 2.99. The molecule has 0 heterocycles. The van der Waals surface area contributed by atoms with Crippen LogP contribution in [0.25, 0.3) is 0 Å². The molecule has 200 valence electrons. The third-order valence-electron chi connectivity index (χ3n) is 4.65. The van der Waals surface area contributed by atoms with Crippen molar-refractivity contribution in [2.45, 2.75) is 66.9 Å². The van der Waals surface area contributed by atoms with Gasteiger partial charge in [-0.25, -0.2) is 5.48 Å². The van der Waals surface area contributed by atoms with Crippen molar-refractivity contribution in [3.05, 3.63) is 71.8 Å². The third-order valence-corrected chi connectivity index (χ3v) is 4.65. The van der Waals surface area contributed by atoms with Crippen LogP contribution in [-0.2, 0) is 20.9 Å². The number of carbonyl (C=O) groups is 3. The van der Waals surface area contributed by atoms with Gasteiger partial charge in [0.05, 0.1) is 13.2 Å². The minimum absolute atomic E-state index is 0.139.